The van der Waals surface area contributed by atoms with E-state index in [1.54, 1.807) is 12.1 Å². The summed E-state index contributed by atoms with van der Waals surface area (Å²) in [5.74, 6) is -0.385. The van der Waals surface area contributed by atoms with Gasteiger partial charge >= 0.3 is 0 Å². The normalized spacial score (nSPS) is 10.4. The van der Waals surface area contributed by atoms with Gasteiger partial charge in [0.2, 0.25) is 0 Å². The number of hydrogen-bond acceptors (Lipinski definition) is 4. The molecule has 0 spiro atoms. The SMILES string of the molecule is CCNC(=O)c1sc(NCCc2cccc(F)c2)cc1N. The third-order valence-electron chi connectivity index (χ3n) is 2.91. The lowest BCUT2D eigenvalue weighted by Gasteiger charge is -2.03. The first-order valence-corrected chi connectivity index (χ1v) is 7.57. The second kappa shape index (κ2) is 7.08. The summed E-state index contributed by atoms with van der Waals surface area (Å²) in [5.41, 5.74) is 7.23. The molecule has 0 atom stereocenters. The first-order chi connectivity index (χ1) is 10.1. The van der Waals surface area contributed by atoms with Gasteiger partial charge in [-0.05, 0) is 37.1 Å². The summed E-state index contributed by atoms with van der Waals surface area (Å²) in [6.07, 6.45) is 0.700. The van der Waals surface area contributed by atoms with Gasteiger partial charge in [-0.3, -0.25) is 4.79 Å². The summed E-state index contributed by atoms with van der Waals surface area (Å²) in [5, 5.41) is 6.77. The highest BCUT2D eigenvalue weighted by atomic mass is 32.1. The lowest BCUT2D eigenvalue weighted by molar-refractivity contribution is 0.0960. The van der Waals surface area contributed by atoms with E-state index < -0.39 is 0 Å². The van der Waals surface area contributed by atoms with Crippen molar-refractivity contribution in [3.63, 3.8) is 0 Å². The summed E-state index contributed by atoms with van der Waals surface area (Å²) >= 11 is 1.32. The van der Waals surface area contributed by atoms with Gasteiger partial charge in [0.25, 0.3) is 5.91 Å². The van der Waals surface area contributed by atoms with Crippen LogP contribution in [0.25, 0.3) is 0 Å². The predicted octanol–water partition coefficient (Wildman–Crippen LogP) is 2.87. The van der Waals surface area contributed by atoms with E-state index in [4.69, 9.17) is 5.73 Å². The Morgan fingerprint density at radius 2 is 2.19 bits per heavy atom. The van der Waals surface area contributed by atoms with E-state index in [1.165, 1.54) is 23.5 Å². The second-order valence-electron chi connectivity index (χ2n) is 4.56. The second-order valence-corrected chi connectivity index (χ2v) is 5.61. The Kier molecular flexibility index (Phi) is 5.16. The minimum atomic E-state index is -0.230. The van der Waals surface area contributed by atoms with Crippen LogP contribution in [0, 0.1) is 5.82 Å². The van der Waals surface area contributed by atoms with Crippen LogP contribution in [0.5, 0.6) is 0 Å². The number of carbonyl (C=O) groups is 1. The van der Waals surface area contributed by atoms with Crippen LogP contribution in [0.15, 0.2) is 30.3 Å². The molecule has 0 bridgehead atoms. The van der Waals surface area contributed by atoms with E-state index in [0.717, 1.165) is 10.6 Å². The summed E-state index contributed by atoms with van der Waals surface area (Å²) in [4.78, 5) is 12.3. The molecular formula is C15H18FN3OS. The van der Waals surface area contributed by atoms with Crippen LogP contribution < -0.4 is 16.4 Å². The third-order valence-corrected chi connectivity index (χ3v) is 4.01. The van der Waals surface area contributed by atoms with Crippen LogP contribution in [0.2, 0.25) is 0 Å². The molecule has 21 heavy (non-hydrogen) atoms. The number of halogens is 1. The molecule has 0 unspecified atom stereocenters. The molecule has 1 amide bonds. The molecule has 1 heterocycles. The maximum absolute atomic E-state index is 13.1. The molecule has 6 heteroatoms. The van der Waals surface area contributed by atoms with Gasteiger partial charge in [-0.15, -0.1) is 11.3 Å². The van der Waals surface area contributed by atoms with Gasteiger partial charge in [0.1, 0.15) is 10.7 Å². The Morgan fingerprint density at radius 1 is 1.38 bits per heavy atom. The fourth-order valence-electron chi connectivity index (χ4n) is 1.93. The van der Waals surface area contributed by atoms with E-state index in [0.29, 0.717) is 30.1 Å². The van der Waals surface area contributed by atoms with Crippen molar-refractivity contribution in [1.29, 1.82) is 0 Å². The number of amides is 1. The van der Waals surface area contributed by atoms with Crippen molar-refractivity contribution in [3.8, 4) is 0 Å². The number of rotatable bonds is 6. The third kappa shape index (κ3) is 4.19. The van der Waals surface area contributed by atoms with Crippen molar-refractivity contribution in [2.75, 3.05) is 24.1 Å². The van der Waals surface area contributed by atoms with Gasteiger partial charge in [0.15, 0.2) is 0 Å². The fraction of sp³-hybridized carbons (Fsp3) is 0.267. The maximum Gasteiger partial charge on any atom is 0.263 e. The topological polar surface area (TPSA) is 67.2 Å². The van der Waals surface area contributed by atoms with E-state index in [-0.39, 0.29) is 11.7 Å². The molecule has 0 aliphatic rings. The molecule has 4 nitrogen and oxygen atoms in total. The van der Waals surface area contributed by atoms with Crippen molar-refractivity contribution < 1.29 is 9.18 Å². The highest BCUT2D eigenvalue weighted by Gasteiger charge is 2.13. The predicted molar refractivity (Wildman–Crippen MR) is 85.3 cm³/mol. The molecule has 0 saturated heterocycles. The van der Waals surface area contributed by atoms with E-state index >= 15 is 0 Å². The van der Waals surface area contributed by atoms with Crippen LogP contribution in [-0.4, -0.2) is 19.0 Å². The Bertz CT molecular complexity index is 627. The highest BCUT2D eigenvalue weighted by Crippen LogP contribution is 2.29. The van der Waals surface area contributed by atoms with Crippen molar-refractivity contribution in [2.24, 2.45) is 0 Å². The molecule has 2 aromatic rings. The molecule has 0 saturated carbocycles. The largest absolute Gasteiger partial charge is 0.397 e. The Balaban J connectivity index is 1.92. The van der Waals surface area contributed by atoms with Gasteiger partial charge in [-0.25, -0.2) is 4.39 Å². The molecule has 0 aliphatic carbocycles. The van der Waals surface area contributed by atoms with E-state index in [9.17, 15) is 9.18 Å². The first kappa shape index (κ1) is 15.3. The van der Waals surface area contributed by atoms with Crippen LogP contribution in [0.4, 0.5) is 15.1 Å². The quantitative estimate of drug-likeness (QED) is 0.769. The number of carbonyl (C=O) groups excluding carboxylic acids is 1. The van der Waals surface area contributed by atoms with Crippen LogP contribution in [-0.2, 0) is 6.42 Å². The first-order valence-electron chi connectivity index (χ1n) is 6.76. The van der Waals surface area contributed by atoms with Gasteiger partial charge in [0, 0.05) is 13.1 Å². The number of thiophene rings is 1. The number of nitrogen functional groups attached to an aromatic ring is 1. The van der Waals surface area contributed by atoms with Gasteiger partial charge in [-0.2, -0.15) is 0 Å². The van der Waals surface area contributed by atoms with Crippen molar-refractivity contribution in [2.45, 2.75) is 13.3 Å². The summed E-state index contributed by atoms with van der Waals surface area (Å²) in [6, 6.07) is 8.27. The number of hydrogen-bond donors (Lipinski definition) is 3. The minimum Gasteiger partial charge on any atom is -0.397 e. The highest BCUT2D eigenvalue weighted by molar-refractivity contribution is 7.18. The Labute approximate surface area is 127 Å². The van der Waals surface area contributed by atoms with Crippen LogP contribution >= 0.6 is 11.3 Å². The van der Waals surface area contributed by atoms with Crippen LogP contribution in [0.1, 0.15) is 22.2 Å². The lowest BCUT2D eigenvalue weighted by atomic mass is 10.1. The number of anilines is 2. The zero-order valence-electron chi connectivity index (χ0n) is 11.8. The number of nitrogens with one attached hydrogen (secondary N) is 2. The summed E-state index contributed by atoms with van der Waals surface area (Å²) in [7, 11) is 0. The minimum absolute atomic E-state index is 0.154. The molecule has 1 aromatic carbocycles. The van der Waals surface area contributed by atoms with Gasteiger partial charge < -0.3 is 16.4 Å². The van der Waals surface area contributed by atoms with E-state index in [2.05, 4.69) is 10.6 Å². The average Bonchev–Trinajstić information content (AvgIpc) is 2.80. The Morgan fingerprint density at radius 3 is 2.90 bits per heavy atom. The zero-order valence-corrected chi connectivity index (χ0v) is 12.6. The molecule has 0 radical (unpaired) electrons. The molecule has 0 fully saturated rings. The maximum atomic E-state index is 13.1. The molecule has 4 N–H and O–H groups in total. The van der Waals surface area contributed by atoms with Crippen molar-refractivity contribution in [1.82, 2.24) is 5.32 Å². The molecule has 0 aliphatic heterocycles. The smallest absolute Gasteiger partial charge is 0.263 e. The number of benzene rings is 1. The van der Waals surface area contributed by atoms with Gasteiger partial charge in [0.05, 0.1) is 10.7 Å². The summed E-state index contributed by atoms with van der Waals surface area (Å²) in [6.45, 7) is 3.08. The molecule has 1 aromatic heterocycles. The average molecular weight is 307 g/mol. The fourth-order valence-corrected chi connectivity index (χ4v) is 2.85. The monoisotopic (exact) mass is 307 g/mol. The standard InChI is InChI=1S/C15H18FN3OS/c1-2-18-15(20)14-12(17)9-13(21-14)19-7-6-10-4-3-5-11(16)8-10/h3-5,8-9,19H,2,6-7,17H2,1H3,(H,18,20). The van der Waals surface area contributed by atoms with Crippen LogP contribution in [0.3, 0.4) is 0 Å². The Hall–Kier alpha value is -2.08. The van der Waals surface area contributed by atoms with Crippen molar-refractivity contribution in [3.05, 3.63) is 46.6 Å². The van der Waals surface area contributed by atoms with Gasteiger partial charge in [-0.1, -0.05) is 12.1 Å². The molecular weight excluding hydrogens is 289 g/mol. The summed E-state index contributed by atoms with van der Waals surface area (Å²) < 4.78 is 13.1. The lowest BCUT2D eigenvalue weighted by Crippen LogP contribution is -2.22. The molecule has 2 rings (SSSR count). The van der Waals surface area contributed by atoms with E-state index in [1.807, 2.05) is 13.0 Å². The zero-order chi connectivity index (χ0) is 15.2. The molecule has 112 valence electrons. The number of nitrogens with two attached hydrogens (primary N) is 1. The van der Waals surface area contributed by atoms with Crippen molar-refractivity contribution >= 4 is 27.9 Å².